The van der Waals surface area contributed by atoms with Crippen molar-refractivity contribution in [2.75, 3.05) is 12.4 Å². The quantitative estimate of drug-likeness (QED) is 0.943. The molecule has 0 bridgehead atoms. The van der Waals surface area contributed by atoms with Crippen LogP contribution in [0.4, 0.5) is 11.4 Å². The van der Waals surface area contributed by atoms with Crippen molar-refractivity contribution < 1.29 is 4.74 Å². The number of nitriles is 1. The van der Waals surface area contributed by atoms with E-state index in [1.165, 1.54) is 0 Å². The van der Waals surface area contributed by atoms with Crippen molar-refractivity contribution in [1.29, 1.82) is 5.26 Å². The van der Waals surface area contributed by atoms with E-state index in [9.17, 15) is 0 Å². The van der Waals surface area contributed by atoms with Gasteiger partial charge in [0, 0.05) is 10.5 Å². The SMILES string of the molecule is COc1ccc(Nc2ccc(C#N)cc2Br)cn1. The first-order valence-electron chi connectivity index (χ1n) is 5.19. The van der Waals surface area contributed by atoms with Gasteiger partial charge >= 0.3 is 0 Å². The third-order valence-corrected chi connectivity index (χ3v) is 2.98. The molecule has 1 aromatic heterocycles. The van der Waals surface area contributed by atoms with Gasteiger partial charge in [-0.05, 0) is 40.2 Å². The van der Waals surface area contributed by atoms with Crippen molar-refractivity contribution >= 4 is 27.3 Å². The molecule has 0 spiro atoms. The number of anilines is 2. The molecule has 0 fully saturated rings. The molecule has 1 aromatic carbocycles. The summed E-state index contributed by atoms with van der Waals surface area (Å²) in [5.74, 6) is 0.569. The molecule has 0 atom stereocenters. The summed E-state index contributed by atoms with van der Waals surface area (Å²) in [4.78, 5) is 4.10. The average molecular weight is 304 g/mol. The molecule has 0 amide bonds. The zero-order valence-corrected chi connectivity index (χ0v) is 11.2. The lowest BCUT2D eigenvalue weighted by Gasteiger charge is -2.08. The van der Waals surface area contributed by atoms with Crippen LogP contribution < -0.4 is 10.1 Å². The Morgan fingerprint density at radius 3 is 2.72 bits per heavy atom. The third kappa shape index (κ3) is 2.79. The predicted molar refractivity (Wildman–Crippen MR) is 72.9 cm³/mol. The summed E-state index contributed by atoms with van der Waals surface area (Å²) in [7, 11) is 1.58. The van der Waals surface area contributed by atoms with E-state index < -0.39 is 0 Å². The van der Waals surface area contributed by atoms with Crippen LogP contribution in [0.1, 0.15) is 5.56 Å². The van der Waals surface area contributed by atoms with E-state index in [1.54, 1.807) is 31.5 Å². The smallest absolute Gasteiger partial charge is 0.213 e. The van der Waals surface area contributed by atoms with Crippen LogP contribution in [-0.4, -0.2) is 12.1 Å². The molecule has 0 radical (unpaired) electrons. The minimum Gasteiger partial charge on any atom is -0.481 e. The van der Waals surface area contributed by atoms with Crippen molar-refractivity contribution in [3.05, 3.63) is 46.6 Å². The second-order valence-electron chi connectivity index (χ2n) is 3.52. The molecule has 0 unspecified atom stereocenters. The van der Waals surface area contributed by atoms with Crippen molar-refractivity contribution in [2.45, 2.75) is 0 Å². The van der Waals surface area contributed by atoms with E-state index in [4.69, 9.17) is 10.00 Å². The lowest BCUT2D eigenvalue weighted by atomic mass is 10.2. The fourth-order valence-electron chi connectivity index (χ4n) is 1.42. The maximum absolute atomic E-state index is 8.79. The summed E-state index contributed by atoms with van der Waals surface area (Å²) >= 11 is 3.41. The zero-order valence-electron chi connectivity index (χ0n) is 9.64. The molecule has 0 saturated heterocycles. The fraction of sp³-hybridized carbons (Fsp3) is 0.0769. The van der Waals surface area contributed by atoms with Gasteiger partial charge in [-0.2, -0.15) is 5.26 Å². The van der Waals surface area contributed by atoms with E-state index in [0.29, 0.717) is 11.4 Å². The Hall–Kier alpha value is -2.06. The zero-order chi connectivity index (χ0) is 13.0. The van der Waals surface area contributed by atoms with Crippen LogP contribution in [0.2, 0.25) is 0 Å². The van der Waals surface area contributed by atoms with Crippen LogP contribution in [0.3, 0.4) is 0 Å². The second-order valence-corrected chi connectivity index (χ2v) is 4.38. The fourth-order valence-corrected chi connectivity index (χ4v) is 1.89. The van der Waals surface area contributed by atoms with Gasteiger partial charge in [-0.3, -0.25) is 0 Å². The number of hydrogen-bond donors (Lipinski definition) is 1. The Balaban J connectivity index is 2.20. The molecule has 1 heterocycles. The van der Waals surface area contributed by atoms with Gasteiger partial charge in [0.05, 0.1) is 36.3 Å². The van der Waals surface area contributed by atoms with E-state index in [0.717, 1.165) is 15.8 Å². The van der Waals surface area contributed by atoms with Crippen molar-refractivity contribution in [1.82, 2.24) is 4.98 Å². The minimum atomic E-state index is 0.569. The summed E-state index contributed by atoms with van der Waals surface area (Å²) in [5, 5.41) is 12.0. The van der Waals surface area contributed by atoms with Gasteiger partial charge in [-0.25, -0.2) is 4.98 Å². The van der Waals surface area contributed by atoms with Crippen LogP contribution in [-0.2, 0) is 0 Å². The number of methoxy groups -OCH3 is 1. The molecule has 0 saturated carbocycles. The number of ether oxygens (including phenoxy) is 1. The van der Waals surface area contributed by atoms with Crippen molar-refractivity contribution in [3.8, 4) is 11.9 Å². The molecule has 2 aromatic rings. The number of nitrogens with zero attached hydrogens (tertiary/aromatic N) is 2. The highest BCUT2D eigenvalue weighted by atomic mass is 79.9. The second kappa shape index (κ2) is 5.52. The lowest BCUT2D eigenvalue weighted by molar-refractivity contribution is 0.398. The molecular weight excluding hydrogens is 294 g/mol. The van der Waals surface area contributed by atoms with Gasteiger partial charge in [0.1, 0.15) is 0 Å². The number of benzene rings is 1. The first-order valence-corrected chi connectivity index (χ1v) is 5.99. The summed E-state index contributed by atoms with van der Waals surface area (Å²) in [6, 6.07) is 11.1. The monoisotopic (exact) mass is 303 g/mol. The van der Waals surface area contributed by atoms with Crippen LogP contribution in [0.25, 0.3) is 0 Å². The van der Waals surface area contributed by atoms with Gasteiger partial charge < -0.3 is 10.1 Å². The first-order chi connectivity index (χ1) is 8.72. The van der Waals surface area contributed by atoms with E-state index in [1.807, 2.05) is 12.1 Å². The van der Waals surface area contributed by atoms with Crippen LogP contribution in [0.15, 0.2) is 41.0 Å². The largest absolute Gasteiger partial charge is 0.481 e. The predicted octanol–water partition coefficient (Wildman–Crippen LogP) is 3.47. The highest BCUT2D eigenvalue weighted by molar-refractivity contribution is 9.10. The number of nitrogens with one attached hydrogen (secondary N) is 1. The normalized spacial score (nSPS) is 9.61. The molecule has 5 heteroatoms. The lowest BCUT2D eigenvalue weighted by Crippen LogP contribution is -1.94. The summed E-state index contributed by atoms with van der Waals surface area (Å²) in [6.45, 7) is 0. The standard InChI is InChI=1S/C13H10BrN3O/c1-18-13-5-3-10(8-16-13)17-12-4-2-9(7-15)6-11(12)14/h2-6,8,17H,1H3. The summed E-state index contributed by atoms with van der Waals surface area (Å²) < 4.78 is 5.82. The van der Waals surface area contributed by atoms with Crippen molar-refractivity contribution in [2.24, 2.45) is 0 Å². The molecule has 1 N–H and O–H groups in total. The Bertz CT molecular complexity index is 590. The Morgan fingerprint density at radius 1 is 1.33 bits per heavy atom. The van der Waals surface area contributed by atoms with E-state index >= 15 is 0 Å². The summed E-state index contributed by atoms with van der Waals surface area (Å²) in [6.07, 6.45) is 1.68. The number of pyridine rings is 1. The molecule has 0 aliphatic carbocycles. The first kappa shape index (κ1) is 12.4. The average Bonchev–Trinajstić information content (AvgIpc) is 2.42. The number of aromatic nitrogens is 1. The van der Waals surface area contributed by atoms with Gasteiger partial charge in [0.25, 0.3) is 0 Å². The van der Waals surface area contributed by atoms with Gasteiger partial charge in [-0.1, -0.05) is 0 Å². The van der Waals surface area contributed by atoms with Crippen LogP contribution in [0.5, 0.6) is 5.88 Å². The van der Waals surface area contributed by atoms with Gasteiger partial charge in [0.15, 0.2) is 0 Å². The molecule has 90 valence electrons. The molecule has 0 aliphatic rings. The maximum atomic E-state index is 8.79. The Morgan fingerprint density at radius 2 is 2.17 bits per heavy atom. The van der Waals surface area contributed by atoms with Crippen LogP contribution in [0, 0.1) is 11.3 Å². The topological polar surface area (TPSA) is 57.9 Å². The number of hydrogen-bond acceptors (Lipinski definition) is 4. The molecule has 0 aliphatic heterocycles. The van der Waals surface area contributed by atoms with E-state index in [-0.39, 0.29) is 0 Å². The molecule has 4 nitrogen and oxygen atoms in total. The number of halogens is 1. The van der Waals surface area contributed by atoms with Crippen LogP contribution >= 0.6 is 15.9 Å². The third-order valence-electron chi connectivity index (χ3n) is 2.32. The number of rotatable bonds is 3. The Labute approximate surface area is 113 Å². The highest BCUT2D eigenvalue weighted by Gasteiger charge is 2.02. The van der Waals surface area contributed by atoms with Gasteiger partial charge in [-0.15, -0.1) is 0 Å². The maximum Gasteiger partial charge on any atom is 0.213 e. The molecule has 18 heavy (non-hydrogen) atoms. The van der Waals surface area contributed by atoms with E-state index in [2.05, 4.69) is 32.3 Å². The van der Waals surface area contributed by atoms with Crippen molar-refractivity contribution in [3.63, 3.8) is 0 Å². The van der Waals surface area contributed by atoms with Gasteiger partial charge in [0.2, 0.25) is 5.88 Å². The summed E-state index contributed by atoms with van der Waals surface area (Å²) in [5.41, 5.74) is 2.34. The molecule has 2 rings (SSSR count). The molecular formula is C13H10BrN3O. The minimum absolute atomic E-state index is 0.569. The Kier molecular flexibility index (Phi) is 3.80. The highest BCUT2D eigenvalue weighted by Crippen LogP contribution is 2.26.